The number of anilines is 1. The van der Waals surface area contributed by atoms with Crippen LogP contribution in [0.1, 0.15) is 56.7 Å². The van der Waals surface area contributed by atoms with E-state index in [1.54, 1.807) is 29.2 Å². The zero-order valence-corrected chi connectivity index (χ0v) is 26.1. The summed E-state index contributed by atoms with van der Waals surface area (Å²) in [5.74, 6) is -3.05. The standard InChI is InChI=1S/C36H34F4N6O/c1-3-22-24(37)10-9-21-7-4-8-23(26(21)22)29-28(38)30-27-25(41-29)17-20(2)31-36(40)14-13-35(39,44-36)18-46(31)32(27)43-33(42-30)47-19-34-11-5-15-45(34)16-6-12-34/h1,4,7-10,20,31,44H,5-6,11-19H2,2H3/t20-,31-,35+,36-/m0/s1. The SMILES string of the molecule is C#Cc1c(F)ccc2cccc(-c3nc4c5c(nc(OCC67CCCN6CCC7)nc5c3F)N3C[C@@]5(F)CC[C@](F)(N5)[C@@H]3[C@@H](C)C4)c12. The molecule has 4 atom stereocenters. The molecular weight excluding hydrogens is 608 g/mol. The summed E-state index contributed by atoms with van der Waals surface area (Å²) in [6.07, 6.45) is 10.2. The van der Waals surface area contributed by atoms with Crippen LogP contribution in [0, 0.1) is 29.9 Å². The van der Waals surface area contributed by atoms with Gasteiger partial charge in [0.25, 0.3) is 0 Å². The summed E-state index contributed by atoms with van der Waals surface area (Å²) in [7, 11) is 0. The van der Waals surface area contributed by atoms with Crippen molar-refractivity contribution in [3.63, 3.8) is 0 Å². The van der Waals surface area contributed by atoms with Crippen molar-refractivity contribution in [3.8, 4) is 29.6 Å². The van der Waals surface area contributed by atoms with Gasteiger partial charge in [-0.3, -0.25) is 4.90 Å². The summed E-state index contributed by atoms with van der Waals surface area (Å²) in [5, 5.41) is 3.95. The number of aromatic nitrogens is 3. The van der Waals surface area contributed by atoms with E-state index in [1.807, 2.05) is 6.92 Å². The third-order valence-corrected chi connectivity index (χ3v) is 11.4. The number of pyridine rings is 1. The van der Waals surface area contributed by atoms with E-state index < -0.39 is 29.3 Å². The molecule has 1 N–H and O–H groups in total. The number of hydrogen-bond acceptors (Lipinski definition) is 7. The maximum atomic E-state index is 17.1. The molecule has 5 aliphatic heterocycles. The first-order chi connectivity index (χ1) is 22.6. The zero-order valence-electron chi connectivity index (χ0n) is 26.1. The Labute approximate surface area is 269 Å². The van der Waals surface area contributed by atoms with Gasteiger partial charge in [0, 0.05) is 23.8 Å². The van der Waals surface area contributed by atoms with Gasteiger partial charge < -0.3 is 9.64 Å². The van der Waals surface area contributed by atoms with Crippen LogP contribution in [0.25, 0.3) is 32.9 Å². The highest BCUT2D eigenvalue weighted by atomic mass is 19.2. The lowest BCUT2D eigenvalue weighted by atomic mass is 9.87. The Morgan fingerprint density at radius 3 is 2.62 bits per heavy atom. The number of piperazine rings is 1. The molecule has 0 saturated carbocycles. The third-order valence-electron chi connectivity index (χ3n) is 11.4. The van der Waals surface area contributed by atoms with E-state index in [4.69, 9.17) is 21.1 Å². The minimum Gasteiger partial charge on any atom is -0.461 e. The summed E-state index contributed by atoms with van der Waals surface area (Å²) >= 11 is 0. The summed E-state index contributed by atoms with van der Waals surface area (Å²) in [5.41, 5.74) is 0.562. The van der Waals surface area contributed by atoms with Gasteiger partial charge in [0.15, 0.2) is 17.4 Å². The summed E-state index contributed by atoms with van der Waals surface area (Å²) in [6, 6.07) is 7.24. The molecule has 4 fully saturated rings. The molecule has 47 heavy (non-hydrogen) atoms. The maximum absolute atomic E-state index is 17.1. The predicted molar refractivity (Wildman–Crippen MR) is 170 cm³/mol. The number of fused-ring (bicyclic) bond motifs is 7. The Kier molecular flexibility index (Phi) is 6.20. The number of hydrogen-bond donors (Lipinski definition) is 1. The molecule has 9 rings (SSSR count). The van der Waals surface area contributed by atoms with Gasteiger partial charge in [0.1, 0.15) is 29.5 Å². The van der Waals surface area contributed by atoms with E-state index >= 15 is 13.2 Å². The van der Waals surface area contributed by atoms with Crippen LogP contribution >= 0.6 is 0 Å². The Balaban J connectivity index is 1.28. The van der Waals surface area contributed by atoms with Crippen LogP contribution in [0.2, 0.25) is 0 Å². The molecule has 4 saturated heterocycles. The van der Waals surface area contributed by atoms with Crippen molar-refractivity contribution in [1.29, 1.82) is 0 Å². The monoisotopic (exact) mass is 642 g/mol. The number of alkyl halides is 2. The van der Waals surface area contributed by atoms with Gasteiger partial charge in [-0.1, -0.05) is 37.1 Å². The zero-order chi connectivity index (χ0) is 32.3. The molecule has 2 bridgehead atoms. The molecule has 5 aliphatic rings. The lowest BCUT2D eigenvalue weighted by Crippen LogP contribution is -2.69. The molecule has 0 unspecified atom stereocenters. The van der Waals surface area contributed by atoms with Gasteiger partial charge in [-0.2, -0.15) is 9.97 Å². The number of nitrogens with zero attached hydrogens (tertiary/aromatic N) is 5. The summed E-state index contributed by atoms with van der Waals surface area (Å²) in [4.78, 5) is 18.4. The van der Waals surface area contributed by atoms with Crippen LogP contribution in [0.15, 0.2) is 30.3 Å². The van der Waals surface area contributed by atoms with E-state index in [0.717, 1.165) is 38.8 Å². The fourth-order valence-corrected chi connectivity index (χ4v) is 9.37. The van der Waals surface area contributed by atoms with Crippen molar-refractivity contribution in [3.05, 3.63) is 53.2 Å². The highest BCUT2D eigenvalue weighted by Crippen LogP contribution is 2.50. The molecule has 7 heterocycles. The smallest absolute Gasteiger partial charge is 0.319 e. The molecule has 2 aromatic carbocycles. The van der Waals surface area contributed by atoms with Crippen molar-refractivity contribution >= 4 is 27.5 Å². The first-order valence-corrected chi connectivity index (χ1v) is 16.5. The minimum absolute atomic E-state index is 0.00473. The number of terminal acetylenes is 1. The van der Waals surface area contributed by atoms with E-state index in [2.05, 4.69) is 21.1 Å². The number of ether oxygens (including phenoxy) is 1. The van der Waals surface area contributed by atoms with Crippen molar-refractivity contribution in [2.45, 2.75) is 75.0 Å². The van der Waals surface area contributed by atoms with Crippen molar-refractivity contribution < 1.29 is 22.3 Å². The largest absolute Gasteiger partial charge is 0.461 e. The lowest BCUT2D eigenvalue weighted by molar-refractivity contribution is -0.00286. The van der Waals surface area contributed by atoms with E-state index in [0.29, 0.717) is 34.0 Å². The Morgan fingerprint density at radius 1 is 1.02 bits per heavy atom. The average Bonchev–Trinajstić information content (AvgIpc) is 3.68. The Morgan fingerprint density at radius 2 is 1.83 bits per heavy atom. The van der Waals surface area contributed by atoms with E-state index in [-0.39, 0.29) is 65.9 Å². The average molecular weight is 643 g/mol. The molecule has 0 amide bonds. The second kappa shape index (κ2) is 10.0. The maximum Gasteiger partial charge on any atom is 0.319 e. The molecule has 0 radical (unpaired) electrons. The quantitative estimate of drug-likeness (QED) is 0.161. The van der Waals surface area contributed by atoms with E-state index in [1.165, 1.54) is 6.07 Å². The predicted octanol–water partition coefficient (Wildman–Crippen LogP) is 6.21. The van der Waals surface area contributed by atoms with Crippen molar-refractivity contribution in [1.82, 2.24) is 25.2 Å². The normalized spacial score (nSPS) is 29.1. The molecular formula is C36H34F4N6O. The van der Waals surface area contributed by atoms with Crippen LogP contribution in [-0.4, -0.2) is 69.3 Å². The van der Waals surface area contributed by atoms with Crippen molar-refractivity contribution in [2.24, 2.45) is 5.92 Å². The molecule has 0 spiro atoms. The first-order valence-electron chi connectivity index (χ1n) is 16.5. The Bertz CT molecular complexity index is 2020. The fraction of sp³-hybridized carbons (Fsp3) is 0.472. The van der Waals surface area contributed by atoms with Crippen LogP contribution in [0.5, 0.6) is 6.01 Å². The van der Waals surface area contributed by atoms with Crippen LogP contribution in [0.4, 0.5) is 23.4 Å². The van der Waals surface area contributed by atoms with Gasteiger partial charge in [-0.05, 0) is 62.6 Å². The van der Waals surface area contributed by atoms with Crippen LogP contribution < -0.4 is 15.0 Å². The van der Waals surface area contributed by atoms with Gasteiger partial charge in [-0.25, -0.2) is 27.9 Å². The molecule has 7 nitrogen and oxygen atoms in total. The molecule has 11 heteroatoms. The van der Waals surface area contributed by atoms with Gasteiger partial charge >= 0.3 is 6.01 Å². The number of nitrogens with one attached hydrogen (secondary N) is 1. The van der Waals surface area contributed by atoms with E-state index in [9.17, 15) is 4.39 Å². The summed E-state index contributed by atoms with van der Waals surface area (Å²) < 4.78 is 71.1. The minimum atomic E-state index is -2.02. The second-order valence-corrected chi connectivity index (χ2v) is 14.2. The Hall–Kier alpha value is -4.01. The molecule has 2 aromatic heterocycles. The first kappa shape index (κ1) is 29.2. The number of halogens is 4. The molecule has 4 aromatic rings. The highest BCUT2D eigenvalue weighted by Gasteiger charge is 2.62. The van der Waals surface area contributed by atoms with Crippen LogP contribution in [-0.2, 0) is 6.42 Å². The lowest BCUT2D eigenvalue weighted by Gasteiger charge is -2.48. The molecule has 242 valence electrons. The number of rotatable bonds is 4. The van der Waals surface area contributed by atoms with Crippen molar-refractivity contribution in [2.75, 3.05) is 31.1 Å². The van der Waals surface area contributed by atoms with Gasteiger partial charge in [0.05, 0.1) is 34.8 Å². The second-order valence-electron chi connectivity index (χ2n) is 14.2. The third kappa shape index (κ3) is 4.16. The van der Waals surface area contributed by atoms with Crippen LogP contribution in [0.3, 0.4) is 0 Å². The van der Waals surface area contributed by atoms with Gasteiger partial charge in [0.2, 0.25) is 0 Å². The topological polar surface area (TPSA) is 66.4 Å². The fourth-order valence-electron chi connectivity index (χ4n) is 9.37. The highest BCUT2D eigenvalue weighted by molar-refractivity contribution is 6.03. The summed E-state index contributed by atoms with van der Waals surface area (Å²) in [6.45, 7) is 4.08. The number of benzene rings is 2. The van der Waals surface area contributed by atoms with Gasteiger partial charge in [-0.15, -0.1) is 6.42 Å². The molecule has 0 aliphatic carbocycles.